The molecule has 0 saturated heterocycles. The molecule has 22 heavy (non-hydrogen) atoms. The molecule has 0 atom stereocenters. The van der Waals surface area contributed by atoms with Gasteiger partial charge in [-0.2, -0.15) is 0 Å². The molecule has 0 spiro atoms. The molecule has 0 aliphatic heterocycles. The Morgan fingerprint density at radius 1 is 1.27 bits per heavy atom. The van der Waals surface area contributed by atoms with Crippen LogP contribution in [0.4, 0.5) is 0 Å². The molecule has 0 bridgehead atoms. The van der Waals surface area contributed by atoms with Gasteiger partial charge in [-0.15, -0.1) is 0 Å². The zero-order chi connectivity index (χ0) is 15.9. The SMILES string of the molecule is O=C(CCCCCCn1cnc2ccc(Cl)cc2c1=O)NO. The molecule has 6 nitrogen and oxygen atoms in total. The lowest BCUT2D eigenvalue weighted by Crippen LogP contribution is -2.20. The Balaban J connectivity index is 1.88. The summed E-state index contributed by atoms with van der Waals surface area (Å²) in [6.45, 7) is 0.584. The molecule has 1 amide bonds. The molecule has 2 aromatic rings. The van der Waals surface area contributed by atoms with Crippen LogP contribution in [0.3, 0.4) is 0 Å². The van der Waals surface area contributed by atoms with E-state index in [1.165, 1.54) is 0 Å². The van der Waals surface area contributed by atoms with Gasteiger partial charge in [-0.25, -0.2) is 10.5 Å². The second kappa shape index (κ2) is 7.91. The van der Waals surface area contributed by atoms with Crippen LogP contribution in [0.2, 0.25) is 5.02 Å². The summed E-state index contributed by atoms with van der Waals surface area (Å²) in [6, 6.07) is 5.08. The number of fused-ring (bicyclic) bond motifs is 1. The minimum absolute atomic E-state index is 0.0906. The van der Waals surface area contributed by atoms with Crippen LogP contribution in [0.25, 0.3) is 10.9 Å². The third-order valence-corrected chi connectivity index (χ3v) is 3.70. The topological polar surface area (TPSA) is 84.2 Å². The Hall–Kier alpha value is -1.92. The summed E-state index contributed by atoms with van der Waals surface area (Å²) in [7, 11) is 0. The fourth-order valence-corrected chi connectivity index (χ4v) is 2.44. The predicted molar refractivity (Wildman–Crippen MR) is 84.0 cm³/mol. The van der Waals surface area contributed by atoms with Crippen LogP contribution in [0.1, 0.15) is 32.1 Å². The van der Waals surface area contributed by atoms with Gasteiger partial charge in [0.15, 0.2) is 0 Å². The summed E-state index contributed by atoms with van der Waals surface area (Å²) in [5.41, 5.74) is 2.16. The summed E-state index contributed by atoms with van der Waals surface area (Å²) >= 11 is 5.92. The number of carbonyl (C=O) groups excluding carboxylic acids is 1. The van der Waals surface area contributed by atoms with Gasteiger partial charge in [-0.3, -0.25) is 19.4 Å². The smallest absolute Gasteiger partial charge is 0.261 e. The summed E-state index contributed by atoms with van der Waals surface area (Å²) < 4.78 is 1.58. The minimum Gasteiger partial charge on any atom is -0.299 e. The molecule has 0 aliphatic carbocycles. The first kappa shape index (κ1) is 16.5. The Kier molecular flexibility index (Phi) is 5.91. The van der Waals surface area contributed by atoms with Crippen LogP contribution in [0, 0.1) is 0 Å². The number of benzene rings is 1. The van der Waals surface area contributed by atoms with Gasteiger partial charge in [0, 0.05) is 18.0 Å². The third kappa shape index (κ3) is 4.29. The molecule has 7 heteroatoms. The van der Waals surface area contributed by atoms with E-state index in [1.807, 2.05) is 0 Å². The lowest BCUT2D eigenvalue weighted by molar-refractivity contribution is -0.129. The van der Waals surface area contributed by atoms with Crippen molar-refractivity contribution in [2.75, 3.05) is 0 Å². The molecular weight excluding hydrogens is 306 g/mol. The van der Waals surface area contributed by atoms with Crippen LogP contribution < -0.4 is 11.0 Å². The maximum absolute atomic E-state index is 12.3. The number of nitrogens with zero attached hydrogens (tertiary/aromatic N) is 2. The van der Waals surface area contributed by atoms with Crippen LogP contribution in [0.5, 0.6) is 0 Å². The molecule has 118 valence electrons. The van der Waals surface area contributed by atoms with Gasteiger partial charge in [-0.1, -0.05) is 24.4 Å². The maximum Gasteiger partial charge on any atom is 0.261 e. The zero-order valence-electron chi connectivity index (χ0n) is 12.1. The van der Waals surface area contributed by atoms with Crippen LogP contribution in [-0.2, 0) is 11.3 Å². The number of rotatable bonds is 7. The van der Waals surface area contributed by atoms with Crippen molar-refractivity contribution >= 4 is 28.4 Å². The second-order valence-corrected chi connectivity index (χ2v) is 5.54. The fourth-order valence-electron chi connectivity index (χ4n) is 2.27. The van der Waals surface area contributed by atoms with Crippen LogP contribution in [0.15, 0.2) is 29.3 Å². The quantitative estimate of drug-likeness (QED) is 0.466. The van der Waals surface area contributed by atoms with Gasteiger partial charge >= 0.3 is 0 Å². The van der Waals surface area contributed by atoms with Crippen molar-refractivity contribution in [2.45, 2.75) is 38.6 Å². The first-order valence-corrected chi connectivity index (χ1v) is 7.57. The molecule has 0 saturated carbocycles. The second-order valence-electron chi connectivity index (χ2n) is 5.10. The number of carbonyl (C=O) groups is 1. The number of halogens is 1. The molecule has 0 unspecified atom stereocenters. The first-order chi connectivity index (χ1) is 10.6. The number of unbranched alkanes of at least 4 members (excludes halogenated alkanes) is 3. The number of amides is 1. The molecule has 2 N–H and O–H groups in total. The Bertz CT molecular complexity index is 715. The molecule has 1 heterocycles. The highest BCUT2D eigenvalue weighted by atomic mass is 35.5. The third-order valence-electron chi connectivity index (χ3n) is 3.46. The van der Waals surface area contributed by atoms with E-state index in [1.54, 1.807) is 34.6 Å². The van der Waals surface area contributed by atoms with Crippen molar-refractivity contribution in [2.24, 2.45) is 0 Å². The van der Waals surface area contributed by atoms with Crippen molar-refractivity contribution in [1.29, 1.82) is 0 Å². The number of hydrogen-bond donors (Lipinski definition) is 2. The minimum atomic E-state index is -0.369. The van der Waals surface area contributed by atoms with Crippen LogP contribution in [-0.4, -0.2) is 20.7 Å². The van der Waals surface area contributed by atoms with E-state index >= 15 is 0 Å². The summed E-state index contributed by atoms with van der Waals surface area (Å²) in [5.74, 6) is -0.369. The highest BCUT2D eigenvalue weighted by Gasteiger charge is 2.05. The van der Waals surface area contributed by atoms with Gasteiger partial charge < -0.3 is 0 Å². The van der Waals surface area contributed by atoms with Gasteiger partial charge in [0.25, 0.3) is 5.56 Å². The highest BCUT2D eigenvalue weighted by Crippen LogP contribution is 2.14. The largest absolute Gasteiger partial charge is 0.299 e. The molecule has 0 aliphatic rings. The van der Waals surface area contributed by atoms with Crippen molar-refractivity contribution in [1.82, 2.24) is 15.0 Å². The Morgan fingerprint density at radius 3 is 2.82 bits per heavy atom. The van der Waals surface area contributed by atoms with E-state index in [9.17, 15) is 9.59 Å². The van der Waals surface area contributed by atoms with Crippen molar-refractivity contribution in [3.05, 3.63) is 39.9 Å². The Labute approximate surface area is 132 Å². The molecule has 2 rings (SSSR count). The number of nitrogens with one attached hydrogen (secondary N) is 1. The average Bonchev–Trinajstić information content (AvgIpc) is 2.52. The molecule has 0 radical (unpaired) electrons. The van der Waals surface area contributed by atoms with E-state index in [0.717, 1.165) is 19.3 Å². The summed E-state index contributed by atoms with van der Waals surface area (Å²) in [6.07, 6.45) is 5.18. The summed E-state index contributed by atoms with van der Waals surface area (Å²) in [4.78, 5) is 27.4. The van der Waals surface area contributed by atoms with Gasteiger partial charge in [0.2, 0.25) is 5.91 Å². The van der Waals surface area contributed by atoms with Crippen molar-refractivity contribution in [3.8, 4) is 0 Å². The first-order valence-electron chi connectivity index (χ1n) is 7.19. The molecule has 0 fully saturated rings. The number of hydrogen-bond acceptors (Lipinski definition) is 4. The average molecular weight is 324 g/mol. The normalized spacial score (nSPS) is 10.8. The zero-order valence-corrected chi connectivity index (χ0v) is 12.8. The van der Waals surface area contributed by atoms with Crippen molar-refractivity contribution in [3.63, 3.8) is 0 Å². The maximum atomic E-state index is 12.3. The van der Waals surface area contributed by atoms with E-state index < -0.39 is 0 Å². The standard InChI is InChI=1S/C15H18ClN3O3/c16-11-6-7-13-12(9-11)15(21)19(10-17-13)8-4-2-1-3-5-14(20)18-22/h6-7,9-10,22H,1-5,8H2,(H,18,20). The Morgan fingerprint density at radius 2 is 2.05 bits per heavy atom. The summed E-state index contributed by atoms with van der Waals surface area (Å²) in [5, 5.41) is 9.41. The predicted octanol–water partition coefficient (Wildman–Crippen LogP) is 2.51. The number of aromatic nitrogens is 2. The van der Waals surface area contributed by atoms with Crippen molar-refractivity contribution < 1.29 is 10.0 Å². The lowest BCUT2D eigenvalue weighted by Gasteiger charge is -2.06. The lowest BCUT2D eigenvalue weighted by atomic mass is 10.1. The van der Waals surface area contributed by atoms with E-state index in [-0.39, 0.29) is 11.5 Å². The van der Waals surface area contributed by atoms with E-state index in [2.05, 4.69) is 4.98 Å². The van der Waals surface area contributed by atoms with E-state index in [4.69, 9.17) is 16.8 Å². The van der Waals surface area contributed by atoms with E-state index in [0.29, 0.717) is 35.3 Å². The monoisotopic (exact) mass is 323 g/mol. The van der Waals surface area contributed by atoms with Gasteiger partial charge in [0.1, 0.15) is 0 Å². The molecule has 1 aromatic heterocycles. The molecular formula is C15H18ClN3O3. The highest BCUT2D eigenvalue weighted by molar-refractivity contribution is 6.31. The van der Waals surface area contributed by atoms with Crippen LogP contribution >= 0.6 is 11.6 Å². The fraction of sp³-hybridized carbons (Fsp3) is 0.400. The number of hydroxylamine groups is 1. The van der Waals surface area contributed by atoms with Gasteiger partial charge in [0.05, 0.1) is 17.2 Å². The molecule has 1 aromatic carbocycles. The number of aryl methyl sites for hydroxylation is 1. The van der Waals surface area contributed by atoms with Gasteiger partial charge in [-0.05, 0) is 31.0 Å².